The van der Waals surface area contributed by atoms with E-state index in [9.17, 15) is 4.79 Å². The molecule has 4 rings (SSSR count). The van der Waals surface area contributed by atoms with Crippen LogP contribution in [-0.4, -0.2) is 18.8 Å². The standard InChI is InChI=1S/C24H23NO2S/c1-17-11-13-19(14-12-17)25-23(18-7-4-3-5-8-18)22(24(25)26)16-28-21-10-6-9-20(15-21)27-2/h3-15,22-23H,16H2,1-2H3/t22-,23-/m1/s1. The van der Waals surface area contributed by atoms with E-state index in [0.29, 0.717) is 0 Å². The molecule has 0 unspecified atom stereocenters. The second kappa shape index (κ2) is 8.11. The summed E-state index contributed by atoms with van der Waals surface area (Å²) in [5.41, 5.74) is 3.34. The van der Waals surface area contributed by atoms with Crippen molar-refractivity contribution in [2.24, 2.45) is 5.92 Å². The van der Waals surface area contributed by atoms with Gasteiger partial charge in [-0.15, -0.1) is 11.8 Å². The third kappa shape index (κ3) is 3.65. The van der Waals surface area contributed by atoms with E-state index in [2.05, 4.69) is 37.3 Å². The van der Waals surface area contributed by atoms with Gasteiger partial charge in [0.05, 0.1) is 19.1 Å². The van der Waals surface area contributed by atoms with Crippen molar-refractivity contribution in [3.8, 4) is 5.75 Å². The van der Waals surface area contributed by atoms with Crippen LogP contribution in [0, 0.1) is 12.8 Å². The maximum atomic E-state index is 13.1. The predicted molar refractivity (Wildman–Crippen MR) is 115 cm³/mol. The maximum absolute atomic E-state index is 13.1. The third-order valence-corrected chi connectivity index (χ3v) is 6.25. The summed E-state index contributed by atoms with van der Waals surface area (Å²) in [5.74, 6) is 1.73. The number of ether oxygens (including phenoxy) is 1. The monoisotopic (exact) mass is 389 g/mol. The largest absolute Gasteiger partial charge is 0.497 e. The van der Waals surface area contributed by atoms with Gasteiger partial charge in [0, 0.05) is 16.3 Å². The Morgan fingerprint density at radius 3 is 2.43 bits per heavy atom. The molecule has 0 aliphatic carbocycles. The number of methoxy groups -OCH3 is 1. The molecule has 3 nitrogen and oxygen atoms in total. The molecule has 142 valence electrons. The number of thioether (sulfide) groups is 1. The number of β-lactam (4-membered cyclic amide) rings is 1. The molecule has 1 aliphatic heterocycles. The second-order valence-electron chi connectivity index (χ2n) is 7.00. The number of benzene rings is 3. The summed E-state index contributed by atoms with van der Waals surface area (Å²) in [6.45, 7) is 2.06. The number of hydrogen-bond donors (Lipinski definition) is 0. The highest BCUT2D eigenvalue weighted by Crippen LogP contribution is 2.45. The maximum Gasteiger partial charge on any atom is 0.233 e. The molecular formula is C24H23NO2S. The molecule has 0 saturated carbocycles. The van der Waals surface area contributed by atoms with Gasteiger partial charge in [0.1, 0.15) is 5.75 Å². The minimum Gasteiger partial charge on any atom is -0.497 e. The molecule has 4 heteroatoms. The molecule has 1 saturated heterocycles. The second-order valence-corrected chi connectivity index (χ2v) is 8.09. The quantitative estimate of drug-likeness (QED) is 0.412. The smallest absolute Gasteiger partial charge is 0.233 e. The highest BCUT2D eigenvalue weighted by atomic mass is 32.2. The molecule has 0 aromatic heterocycles. The number of hydrogen-bond acceptors (Lipinski definition) is 3. The van der Waals surface area contributed by atoms with E-state index in [4.69, 9.17) is 4.74 Å². The van der Waals surface area contributed by atoms with Crippen LogP contribution in [-0.2, 0) is 4.79 Å². The Bertz CT molecular complexity index is 956. The zero-order chi connectivity index (χ0) is 19.5. The van der Waals surface area contributed by atoms with Gasteiger partial charge in [-0.05, 0) is 42.8 Å². The van der Waals surface area contributed by atoms with Crippen LogP contribution in [0.3, 0.4) is 0 Å². The van der Waals surface area contributed by atoms with Crippen LogP contribution < -0.4 is 9.64 Å². The Kier molecular flexibility index (Phi) is 5.40. The molecule has 1 aliphatic rings. The number of nitrogens with zero attached hydrogens (tertiary/aromatic N) is 1. The van der Waals surface area contributed by atoms with Crippen molar-refractivity contribution in [1.82, 2.24) is 0 Å². The van der Waals surface area contributed by atoms with Crippen molar-refractivity contribution in [2.45, 2.75) is 17.9 Å². The van der Waals surface area contributed by atoms with Crippen molar-refractivity contribution >= 4 is 23.4 Å². The Hall–Kier alpha value is -2.72. The van der Waals surface area contributed by atoms with Gasteiger partial charge in [0.2, 0.25) is 5.91 Å². The minimum absolute atomic E-state index is 0.0418. The van der Waals surface area contributed by atoms with Crippen molar-refractivity contribution in [3.63, 3.8) is 0 Å². The molecule has 2 atom stereocenters. The Morgan fingerprint density at radius 2 is 1.71 bits per heavy atom. The highest BCUT2D eigenvalue weighted by molar-refractivity contribution is 7.99. The zero-order valence-electron chi connectivity index (χ0n) is 16.0. The normalized spacial score (nSPS) is 18.6. The summed E-state index contributed by atoms with van der Waals surface area (Å²) < 4.78 is 5.31. The van der Waals surface area contributed by atoms with Crippen LogP contribution in [0.25, 0.3) is 0 Å². The van der Waals surface area contributed by atoms with E-state index < -0.39 is 0 Å². The molecule has 0 bridgehead atoms. The van der Waals surface area contributed by atoms with Gasteiger partial charge >= 0.3 is 0 Å². The number of rotatable bonds is 6. The molecule has 1 heterocycles. The van der Waals surface area contributed by atoms with Crippen LogP contribution in [0.2, 0.25) is 0 Å². The van der Waals surface area contributed by atoms with Crippen molar-refractivity contribution < 1.29 is 9.53 Å². The van der Waals surface area contributed by atoms with E-state index in [0.717, 1.165) is 22.1 Å². The first kappa shape index (κ1) is 18.6. The molecule has 0 radical (unpaired) electrons. The van der Waals surface area contributed by atoms with Gasteiger partial charge in [0.15, 0.2) is 0 Å². The van der Waals surface area contributed by atoms with Gasteiger partial charge in [0.25, 0.3) is 0 Å². The Morgan fingerprint density at radius 1 is 0.964 bits per heavy atom. The summed E-state index contributed by atoms with van der Waals surface area (Å²) in [4.78, 5) is 16.1. The van der Waals surface area contributed by atoms with Gasteiger partial charge < -0.3 is 9.64 Å². The van der Waals surface area contributed by atoms with Gasteiger partial charge in [-0.1, -0.05) is 54.1 Å². The molecule has 1 amide bonds. The van der Waals surface area contributed by atoms with Crippen molar-refractivity contribution in [1.29, 1.82) is 0 Å². The predicted octanol–water partition coefficient (Wildman–Crippen LogP) is 5.50. The molecular weight excluding hydrogens is 366 g/mol. The molecule has 1 fully saturated rings. The van der Waals surface area contributed by atoms with Gasteiger partial charge in [-0.25, -0.2) is 0 Å². The first-order valence-electron chi connectivity index (χ1n) is 9.39. The zero-order valence-corrected chi connectivity index (χ0v) is 16.9. The van der Waals surface area contributed by atoms with E-state index >= 15 is 0 Å². The van der Waals surface area contributed by atoms with E-state index in [1.165, 1.54) is 11.1 Å². The lowest BCUT2D eigenvalue weighted by Crippen LogP contribution is -2.56. The molecule has 0 spiro atoms. The summed E-state index contributed by atoms with van der Waals surface area (Å²) >= 11 is 1.71. The minimum atomic E-state index is -0.0418. The van der Waals surface area contributed by atoms with Crippen molar-refractivity contribution in [2.75, 3.05) is 17.8 Å². The van der Waals surface area contributed by atoms with Gasteiger partial charge in [-0.3, -0.25) is 4.79 Å². The van der Waals surface area contributed by atoms with Crippen LogP contribution in [0.5, 0.6) is 5.75 Å². The summed E-state index contributed by atoms with van der Waals surface area (Å²) in [7, 11) is 1.67. The lowest BCUT2D eigenvalue weighted by molar-refractivity contribution is -0.129. The highest BCUT2D eigenvalue weighted by Gasteiger charge is 2.48. The summed E-state index contributed by atoms with van der Waals surface area (Å²) in [5, 5.41) is 0. The van der Waals surface area contributed by atoms with E-state index in [1.807, 2.05) is 53.4 Å². The van der Waals surface area contributed by atoms with Crippen LogP contribution in [0.15, 0.2) is 83.8 Å². The van der Waals surface area contributed by atoms with Gasteiger partial charge in [-0.2, -0.15) is 0 Å². The SMILES string of the molecule is COc1cccc(SC[C@H]2C(=O)N(c3ccc(C)cc3)[C@@H]2c2ccccc2)c1. The van der Waals surface area contributed by atoms with E-state index in [1.54, 1.807) is 18.9 Å². The fourth-order valence-corrected chi connectivity index (χ4v) is 4.68. The topological polar surface area (TPSA) is 29.5 Å². The first-order chi connectivity index (χ1) is 13.7. The molecule has 28 heavy (non-hydrogen) atoms. The summed E-state index contributed by atoms with van der Waals surface area (Å²) in [6, 6.07) is 26.6. The lowest BCUT2D eigenvalue weighted by Gasteiger charge is -2.47. The number of aryl methyl sites for hydroxylation is 1. The molecule has 0 N–H and O–H groups in total. The molecule has 3 aromatic carbocycles. The fraction of sp³-hybridized carbons (Fsp3) is 0.208. The van der Waals surface area contributed by atoms with Crippen LogP contribution in [0.1, 0.15) is 17.2 Å². The number of carbonyl (C=O) groups is 1. The first-order valence-corrected chi connectivity index (χ1v) is 10.4. The Labute approximate surface area is 170 Å². The Balaban J connectivity index is 1.57. The average molecular weight is 390 g/mol. The number of anilines is 1. The lowest BCUT2D eigenvalue weighted by atomic mass is 9.83. The molecule has 3 aromatic rings. The summed E-state index contributed by atoms with van der Waals surface area (Å²) in [6.07, 6.45) is 0. The number of amides is 1. The average Bonchev–Trinajstić information content (AvgIpc) is 2.74. The van der Waals surface area contributed by atoms with Crippen LogP contribution in [0.4, 0.5) is 5.69 Å². The number of carbonyl (C=O) groups excluding carboxylic acids is 1. The third-order valence-electron chi connectivity index (χ3n) is 5.14. The van der Waals surface area contributed by atoms with E-state index in [-0.39, 0.29) is 17.9 Å². The van der Waals surface area contributed by atoms with Crippen LogP contribution >= 0.6 is 11.8 Å². The fourth-order valence-electron chi connectivity index (χ4n) is 3.61. The van der Waals surface area contributed by atoms with Crippen molar-refractivity contribution in [3.05, 3.63) is 90.0 Å².